The Labute approximate surface area is 141 Å². The zero-order valence-electron chi connectivity index (χ0n) is 11.8. The van der Waals surface area contributed by atoms with Crippen LogP contribution in [0.5, 0.6) is 0 Å². The Morgan fingerprint density at radius 3 is 2.86 bits per heavy atom. The molecule has 21 heavy (non-hydrogen) atoms. The number of benzene rings is 1. The lowest BCUT2D eigenvalue weighted by molar-refractivity contribution is -0.128. The van der Waals surface area contributed by atoms with Crippen LogP contribution in [0.3, 0.4) is 0 Å². The topological polar surface area (TPSA) is 32.3 Å². The number of rotatable bonds is 3. The van der Waals surface area contributed by atoms with E-state index >= 15 is 0 Å². The molecule has 0 aliphatic carbocycles. The van der Waals surface area contributed by atoms with Crippen LogP contribution in [0.2, 0.25) is 5.02 Å². The molecule has 2 saturated heterocycles. The number of carbonyl (C=O) groups is 1. The average Bonchev–Trinajstić information content (AvgIpc) is 2.77. The van der Waals surface area contributed by atoms with Crippen LogP contribution in [-0.4, -0.2) is 41.7 Å². The van der Waals surface area contributed by atoms with Gasteiger partial charge in [-0.1, -0.05) is 23.7 Å². The quantitative estimate of drug-likeness (QED) is 0.853. The molecule has 0 spiro atoms. The van der Waals surface area contributed by atoms with Crippen molar-refractivity contribution in [2.45, 2.75) is 36.2 Å². The van der Waals surface area contributed by atoms with Gasteiger partial charge in [-0.2, -0.15) is 0 Å². The Balaban J connectivity index is 0.00000161. The highest BCUT2D eigenvalue weighted by Gasteiger charge is 2.30. The molecule has 0 saturated carbocycles. The molecule has 2 bridgehead atoms. The van der Waals surface area contributed by atoms with Crippen LogP contribution in [0.4, 0.5) is 0 Å². The Kier molecular flexibility index (Phi) is 6.23. The third kappa shape index (κ3) is 4.28. The molecule has 2 atom stereocenters. The van der Waals surface area contributed by atoms with Crippen molar-refractivity contribution in [3.05, 3.63) is 29.3 Å². The molecule has 3 nitrogen and oxygen atoms in total. The van der Waals surface area contributed by atoms with Gasteiger partial charge < -0.3 is 10.2 Å². The summed E-state index contributed by atoms with van der Waals surface area (Å²) >= 11 is 7.65. The summed E-state index contributed by atoms with van der Waals surface area (Å²) in [5.41, 5.74) is 0. The van der Waals surface area contributed by atoms with Gasteiger partial charge in [-0.25, -0.2) is 0 Å². The van der Waals surface area contributed by atoms with Crippen LogP contribution in [-0.2, 0) is 4.79 Å². The van der Waals surface area contributed by atoms with Gasteiger partial charge in [-0.3, -0.25) is 4.79 Å². The van der Waals surface area contributed by atoms with Crippen LogP contribution in [0, 0.1) is 0 Å². The number of hydrogen-bond donors (Lipinski definition) is 1. The zero-order chi connectivity index (χ0) is 13.9. The van der Waals surface area contributed by atoms with Crippen LogP contribution in [0.1, 0.15) is 19.3 Å². The predicted octanol–water partition coefficient (Wildman–Crippen LogP) is 3.21. The molecule has 0 radical (unpaired) electrons. The van der Waals surface area contributed by atoms with Gasteiger partial charge in [0.1, 0.15) is 0 Å². The zero-order valence-corrected chi connectivity index (χ0v) is 14.1. The maximum absolute atomic E-state index is 12.3. The fourth-order valence-electron chi connectivity index (χ4n) is 2.96. The Morgan fingerprint density at radius 2 is 2.05 bits per heavy atom. The van der Waals surface area contributed by atoms with Gasteiger partial charge in [0.15, 0.2) is 0 Å². The first-order valence-corrected chi connectivity index (χ1v) is 8.50. The number of amides is 1. The summed E-state index contributed by atoms with van der Waals surface area (Å²) in [4.78, 5) is 15.3. The van der Waals surface area contributed by atoms with E-state index in [9.17, 15) is 4.79 Å². The molecular formula is C15H20Cl2N2OS. The van der Waals surface area contributed by atoms with Crippen LogP contribution < -0.4 is 5.32 Å². The van der Waals surface area contributed by atoms with Crippen molar-refractivity contribution >= 4 is 41.7 Å². The molecule has 0 aromatic heterocycles. The molecule has 6 heteroatoms. The molecule has 3 rings (SSSR count). The predicted molar refractivity (Wildman–Crippen MR) is 90.6 cm³/mol. The number of nitrogens with zero attached hydrogens (tertiary/aromatic N) is 1. The number of halogens is 2. The smallest absolute Gasteiger partial charge is 0.232 e. The van der Waals surface area contributed by atoms with Crippen molar-refractivity contribution in [2.24, 2.45) is 0 Å². The van der Waals surface area contributed by atoms with Gasteiger partial charge in [0.25, 0.3) is 0 Å². The minimum Gasteiger partial charge on any atom is -0.340 e. The third-order valence-electron chi connectivity index (χ3n) is 4.06. The standard InChI is InChI=1S/C15H19ClN2OS.ClH/c16-13-3-1-2-4-14(13)20-10-15(19)18-8-7-11-5-6-12(9-18)17-11;/h1-4,11-12,17H,5-10H2;1H. The minimum atomic E-state index is 0. The Morgan fingerprint density at radius 1 is 1.29 bits per heavy atom. The van der Waals surface area contributed by atoms with E-state index in [0.717, 1.165) is 29.4 Å². The van der Waals surface area contributed by atoms with Crippen LogP contribution in [0.25, 0.3) is 0 Å². The summed E-state index contributed by atoms with van der Waals surface area (Å²) in [5.74, 6) is 0.700. The summed E-state index contributed by atoms with van der Waals surface area (Å²) in [6.45, 7) is 1.74. The largest absolute Gasteiger partial charge is 0.340 e. The first-order valence-electron chi connectivity index (χ1n) is 7.13. The molecule has 2 heterocycles. The van der Waals surface area contributed by atoms with Gasteiger partial charge in [0.05, 0.1) is 10.8 Å². The highest BCUT2D eigenvalue weighted by molar-refractivity contribution is 8.00. The van der Waals surface area contributed by atoms with Crippen molar-refractivity contribution in [1.82, 2.24) is 10.2 Å². The van der Waals surface area contributed by atoms with E-state index < -0.39 is 0 Å². The molecular weight excluding hydrogens is 327 g/mol. The highest BCUT2D eigenvalue weighted by atomic mass is 35.5. The van der Waals surface area contributed by atoms with E-state index in [2.05, 4.69) is 5.32 Å². The second-order valence-corrected chi connectivity index (χ2v) is 6.91. The molecule has 1 aromatic carbocycles. The van der Waals surface area contributed by atoms with E-state index in [0.29, 0.717) is 17.8 Å². The number of hydrogen-bond acceptors (Lipinski definition) is 3. The SMILES string of the molecule is Cl.O=C(CSc1ccccc1Cl)N1CCC2CCC(C1)N2. The van der Waals surface area contributed by atoms with E-state index in [1.54, 1.807) is 0 Å². The van der Waals surface area contributed by atoms with E-state index in [1.807, 2.05) is 29.2 Å². The van der Waals surface area contributed by atoms with Gasteiger partial charge in [-0.15, -0.1) is 24.2 Å². The first-order chi connectivity index (χ1) is 9.72. The second kappa shape index (κ2) is 7.73. The van der Waals surface area contributed by atoms with Gasteiger partial charge in [-0.05, 0) is 31.4 Å². The normalized spacial score (nSPS) is 24.3. The molecule has 2 aliphatic rings. The second-order valence-electron chi connectivity index (χ2n) is 5.49. The van der Waals surface area contributed by atoms with Crippen molar-refractivity contribution < 1.29 is 4.79 Å². The van der Waals surface area contributed by atoms with Crippen molar-refractivity contribution in [3.8, 4) is 0 Å². The third-order valence-corrected chi connectivity index (χ3v) is 5.56. The summed E-state index contributed by atoms with van der Waals surface area (Å²) in [5, 5.41) is 4.32. The maximum atomic E-state index is 12.3. The molecule has 116 valence electrons. The Bertz CT molecular complexity index is 500. The number of thioether (sulfide) groups is 1. The number of likely N-dealkylation sites (tertiary alicyclic amines) is 1. The fourth-order valence-corrected chi connectivity index (χ4v) is 4.10. The van der Waals surface area contributed by atoms with E-state index in [4.69, 9.17) is 11.6 Å². The Hall–Kier alpha value is -0.420. The van der Waals surface area contributed by atoms with Gasteiger partial charge >= 0.3 is 0 Å². The summed E-state index contributed by atoms with van der Waals surface area (Å²) < 4.78 is 0. The minimum absolute atomic E-state index is 0. The summed E-state index contributed by atoms with van der Waals surface area (Å²) in [7, 11) is 0. The van der Waals surface area contributed by atoms with Crippen molar-refractivity contribution in [1.29, 1.82) is 0 Å². The van der Waals surface area contributed by atoms with Crippen molar-refractivity contribution in [3.63, 3.8) is 0 Å². The number of carbonyl (C=O) groups excluding carboxylic acids is 1. The lowest BCUT2D eigenvalue weighted by Gasteiger charge is -2.24. The van der Waals surface area contributed by atoms with Gasteiger partial charge in [0, 0.05) is 30.1 Å². The van der Waals surface area contributed by atoms with Crippen LogP contribution in [0.15, 0.2) is 29.2 Å². The molecule has 1 N–H and O–H groups in total. The molecule has 1 aromatic rings. The summed E-state index contributed by atoms with van der Waals surface area (Å²) in [6.07, 6.45) is 3.55. The molecule has 2 aliphatic heterocycles. The van der Waals surface area contributed by atoms with Gasteiger partial charge in [0.2, 0.25) is 5.91 Å². The number of fused-ring (bicyclic) bond motifs is 2. The molecule has 2 unspecified atom stereocenters. The number of nitrogens with one attached hydrogen (secondary N) is 1. The highest BCUT2D eigenvalue weighted by Crippen LogP contribution is 2.27. The van der Waals surface area contributed by atoms with E-state index in [-0.39, 0.29) is 18.3 Å². The van der Waals surface area contributed by atoms with Crippen LogP contribution >= 0.6 is 35.8 Å². The lowest BCUT2D eigenvalue weighted by atomic mass is 10.1. The fraction of sp³-hybridized carbons (Fsp3) is 0.533. The van der Waals surface area contributed by atoms with Crippen molar-refractivity contribution in [2.75, 3.05) is 18.8 Å². The average molecular weight is 347 g/mol. The maximum Gasteiger partial charge on any atom is 0.232 e. The molecule has 2 fully saturated rings. The first kappa shape index (κ1) is 16.9. The van der Waals surface area contributed by atoms with E-state index in [1.165, 1.54) is 24.6 Å². The monoisotopic (exact) mass is 346 g/mol. The summed E-state index contributed by atoms with van der Waals surface area (Å²) in [6, 6.07) is 8.81. The molecule has 1 amide bonds. The lowest BCUT2D eigenvalue weighted by Crippen LogP contribution is -2.39.